The molecule has 0 fully saturated rings. The first-order valence-corrected chi connectivity index (χ1v) is 10.6. The predicted octanol–water partition coefficient (Wildman–Crippen LogP) is 4.90. The third-order valence-electron chi connectivity index (χ3n) is 4.05. The second kappa shape index (κ2) is 8.38. The Morgan fingerprint density at radius 1 is 1.11 bits per heavy atom. The van der Waals surface area contributed by atoms with E-state index in [0.717, 1.165) is 30.8 Å². The van der Waals surface area contributed by atoms with Gasteiger partial charge in [-0.25, -0.2) is 9.67 Å². The number of hydrogen-bond acceptors (Lipinski definition) is 7. The molecule has 0 saturated heterocycles. The van der Waals surface area contributed by atoms with Crippen LogP contribution in [0.5, 0.6) is 11.5 Å². The van der Waals surface area contributed by atoms with Crippen molar-refractivity contribution in [3.63, 3.8) is 0 Å². The number of hydrogen-bond donors (Lipinski definition) is 0. The molecule has 9 heteroatoms. The third kappa shape index (κ3) is 4.24. The molecule has 0 atom stereocenters. The lowest BCUT2D eigenvalue weighted by molar-refractivity contribution is 0.354. The molecule has 2 heterocycles. The van der Waals surface area contributed by atoms with Crippen LogP contribution in [0.25, 0.3) is 10.2 Å². The predicted molar refractivity (Wildman–Crippen MR) is 113 cm³/mol. The summed E-state index contributed by atoms with van der Waals surface area (Å²) in [5.74, 6) is 2.12. The summed E-state index contributed by atoms with van der Waals surface area (Å²) in [5.41, 5.74) is 2.93. The number of ether oxygens (including phenoxy) is 2. The number of halogens is 1. The standard InChI is InChI=1S/C19H17ClN4O2S2/c1-25-16-6-3-12(7-17(16)26-2)9-24-10-14(22-23-24)11-27-19-21-15-5-4-13(20)8-18(15)28-19/h3-8,10H,9,11H2,1-2H3. The Bertz CT molecular complexity index is 1110. The maximum absolute atomic E-state index is 6.04. The van der Waals surface area contributed by atoms with Gasteiger partial charge in [0.15, 0.2) is 15.8 Å². The number of thioether (sulfide) groups is 1. The molecule has 2 aromatic carbocycles. The summed E-state index contributed by atoms with van der Waals surface area (Å²) >= 11 is 9.32. The Labute approximate surface area is 175 Å². The number of rotatable bonds is 7. The normalized spacial score (nSPS) is 11.1. The Morgan fingerprint density at radius 3 is 2.79 bits per heavy atom. The van der Waals surface area contributed by atoms with E-state index in [0.29, 0.717) is 23.8 Å². The molecule has 0 radical (unpaired) electrons. The van der Waals surface area contributed by atoms with Crippen molar-refractivity contribution in [2.24, 2.45) is 0 Å². The molecule has 0 amide bonds. The minimum Gasteiger partial charge on any atom is -0.493 e. The van der Waals surface area contributed by atoms with Gasteiger partial charge in [-0.1, -0.05) is 34.6 Å². The van der Waals surface area contributed by atoms with Crippen molar-refractivity contribution in [2.75, 3.05) is 14.2 Å². The van der Waals surface area contributed by atoms with Crippen LogP contribution in [-0.4, -0.2) is 34.2 Å². The van der Waals surface area contributed by atoms with Gasteiger partial charge in [-0.05, 0) is 35.9 Å². The molecule has 0 N–H and O–H groups in total. The number of thiazole rings is 1. The first-order chi connectivity index (χ1) is 13.6. The fourth-order valence-corrected chi connectivity index (χ4v) is 4.94. The molecular weight excluding hydrogens is 416 g/mol. The van der Waals surface area contributed by atoms with Crippen molar-refractivity contribution in [1.29, 1.82) is 0 Å². The lowest BCUT2D eigenvalue weighted by Crippen LogP contribution is -2.01. The summed E-state index contributed by atoms with van der Waals surface area (Å²) in [6.45, 7) is 0.609. The van der Waals surface area contributed by atoms with Crippen LogP contribution in [-0.2, 0) is 12.3 Å². The zero-order chi connectivity index (χ0) is 19.5. The third-order valence-corrected chi connectivity index (χ3v) is 6.48. The second-order valence-electron chi connectivity index (χ2n) is 5.98. The lowest BCUT2D eigenvalue weighted by atomic mass is 10.2. The zero-order valence-electron chi connectivity index (χ0n) is 15.3. The average Bonchev–Trinajstić information content (AvgIpc) is 3.32. The summed E-state index contributed by atoms with van der Waals surface area (Å²) < 4.78 is 14.5. The smallest absolute Gasteiger partial charge is 0.161 e. The van der Waals surface area contributed by atoms with E-state index < -0.39 is 0 Å². The quantitative estimate of drug-likeness (QED) is 0.387. The van der Waals surface area contributed by atoms with Crippen LogP contribution in [0.4, 0.5) is 0 Å². The SMILES string of the molecule is COc1ccc(Cn2cc(CSc3nc4ccc(Cl)cc4s3)nn2)cc1OC. The molecule has 6 nitrogen and oxygen atoms in total. The van der Waals surface area contributed by atoms with E-state index in [1.165, 1.54) is 0 Å². The number of fused-ring (bicyclic) bond motifs is 1. The van der Waals surface area contributed by atoms with Gasteiger partial charge in [0.2, 0.25) is 0 Å². The number of nitrogens with zero attached hydrogens (tertiary/aromatic N) is 4. The summed E-state index contributed by atoms with van der Waals surface area (Å²) in [5, 5.41) is 9.21. The average molecular weight is 433 g/mol. The van der Waals surface area contributed by atoms with Crippen LogP contribution in [0.1, 0.15) is 11.3 Å². The molecule has 4 rings (SSSR count). The van der Waals surface area contributed by atoms with Crippen molar-refractivity contribution in [3.05, 3.63) is 58.9 Å². The van der Waals surface area contributed by atoms with Crippen LogP contribution < -0.4 is 9.47 Å². The van der Waals surface area contributed by atoms with Crippen molar-refractivity contribution in [1.82, 2.24) is 20.0 Å². The lowest BCUT2D eigenvalue weighted by Gasteiger charge is -2.09. The van der Waals surface area contributed by atoms with Gasteiger partial charge in [0.25, 0.3) is 0 Å². The van der Waals surface area contributed by atoms with E-state index in [9.17, 15) is 0 Å². The maximum Gasteiger partial charge on any atom is 0.161 e. The van der Waals surface area contributed by atoms with Gasteiger partial charge in [-0.15, -0.1) is 16.4 Å². The molecule has 2 aromatic heterocycles. The minimum absolute atomic E-state index is 0.609. The van der Waals surface area contributed by atoms with Gasteiger partial charge in [0, 0.05) is 17.0 Å². The molecule has 4 aromatic rings. The van der Waals surface area contributed by atoms with E-state index in [4.69, 9.17) is 21.1 Å². The van der Waals surface area contributed by atoms with Gasteiger partial charge >= 0.3 is 0 Å². The minimum atomic E-state index is 0.609. The van der Waals surface area contributed by atoms with Crippen molar-refractivity contribution >= 4 is 44.9 Å². The molecule has 28 heavy (non-hydrogen) atoms. The molecule has 0 aliphatic carbocycles. The van der Waals surface area contributed by atoms with Crippen molar-refractivity contribution in [3.8, 4) is 11.5 Å². The van der Waals surface area contributed by atoms with Crippen molar-refractivity contribution < 1.29 is 9.47 Å². The van der Waals surface area contributed by atoms with E-state index in [2.05, 4.69) is 15.3 Å². The highest BCUT2D eigenvalue weighted by Gasteiger charge is 2.09. The Balaban J connectivity index is 1.41. The summed E-state index contributed by atoms with van der Waals surface area (Å²) in [4.78, 5) is 4.62. The van der Waals surface area contributed by atoms with Gasteiger partial charge in [0.05, 0.1) is 36.7 Å². The summed E-state index contributed by atoms with van der Waals surface area (Å²) in [6.07, 6.45) is 1.95. The van der Waals surface area contributed by atoms with Crippen LogP contribution in [0.3, 0.4) is 0 Å². The van der Waals surface area contributed by atoms with Crippen LogP contribution >= 0.6 is 34.7 Å². The molecule has 0 aliphatic heterocycles. The molecule has 0 unspecified atom stereocenters. The molecule has 0 saturated carbocycles. The van der Waals surface area contributed by atoms with E-state index >= 15 is 0 Å². The van der Waals surface area contributed by atoms with Crippen LogP contribution in [0, 0.1) is 0 Å². The fourth-order valence-electron chi connectivity index (χ4n) is 2.72. The summed E-state index contributed by atoms with van der Waals surface area (Å²) in [7, 11) is 3.25. The monoisotopic (exact) mass is 432 g/mol. The van der Waals surface area contributed by atoms with Gasteiger partial charge < -0.3 is 9.47 Å². The largest absolute Gasteiger partial charge is 0.493 e. The fraction of sp³-hybridized carbons (Fsp3) is 0.211. The van der Waals surface area contributed by atoms with Gasteiger partial charge in [0.1, 0.15) is 0 Å². The Morgan fingerprint density at radius 2 is 1.96 bits per heavy atom. The second-order valence-corrected chi connectivity index (χ2v) is 8.67. The van der Waals surface area contributed by atoms with Crippen LogP contribution in [0.15, 0.2) is 46.9 Å². The van der Waals surface area contributed by atoms with E-state index in [1.807, 2.05) is 47.3 Å². The topological polar surface area (TPSA) is 62.1 Å². The van der Waals surface area contributed by atoms with E-state index in [1.54, 1.807) is 37.3 Å². The molecule has 144 valence electrons. The number of methoxy groups -OCH3 is 2. The zero-order valence-corrected chi connectivity index (χ0v) is 17.6. The van der Waals surface area contributed by atoms with Gasteiger partial charge in [-0.2, -0.15) is 0 Å². The van der Waals surface area contributed by atoms with Gasteiger partial charge in [-0.3, -0.25) is 0 Å². The summed E-state index contributed by atoms with van der Waals surface area (Å²) in [6, 6.07) is 11.6. The first-order valence-electron chi connectivity index (χ1n) is 8.43. The first kappa shape index (κ1) is 19.0. The molecule has 0 bridgehead atoms. The molecule has 0 aliphatic rings. The maximum atomic E-state index is 6.04. The van der Waals surface area contributed by atoms with Crippen molar-refractivity contribution in [2.45, 2.75) is 16.6 Å². The highest BCUT2D eigenvalue weighted by Crippen LogP contribution is 2.32. The van der Waals surface area contributed by atoms with E-state index in [-0.39, 0.29) is 0 Å². The Hall–Kier alpha value is -2.29. The molecular formula is C19H17ClN4O2S2. The highest BCUT2D eigenvalue weighted by molar-refractivity contribution is 8.00. The Kier molecular flexibility index (Phi) is 5.70. The number of benzene rings is 2. The highest BCUT2D eigenvalue weighted by atomic mass is 35.5. The number of aromatic nitrogens is 4. The van der Waals surface area contributed by atoms with Crippen LogP contribution in [0.2, 0.25) is 5.02 Å². The molecule has 0 spiro atoms.